The van der Waals surface area contributed by atoms with Gasteiger partial charge >= 0.3 is 0 Å². The molecule has 0 aliphatic heterocycles. The second kappa shape index (κ2) is 6.28. The van der Waals surface area contributed by atoms with Crippen LogP contribution in [0.25, 0.3) is 0 Å². The molecule has 0 aromatic heterocycles. The van der Waals surface area contributed by atoms with E-state index in [-0.39, 0.29) is 18.9 Å². The average Bonchev–Trinajstić information content (AvgIpc) is 1.64. The fourth-order valence-corrected chi connectivity index (χ4v) is 1.33. The molecule has 1 radical (unpaired) electrons. The summed E-state index contributed by atoms with van der Waals surface area (Å²) in [5, 5.41) is 0. The van der Waals surface area contributed by atoms with Crippen LogP contribution in [0.15, 0.2) is 0 Å². The van der Waals surface area contributed by atoms with E-state index in [4.69, 9.17) is 0 Å². The van der Waals surface area contributed by atoms with Gasteiger partial charge in [-0.3, -0.25) is 4.90 Å². The minimum absolute atomic E-state index is 0. The summed E-state index contributed by atoms with van der Waals surface area (Å²) < 4.78 is 0. The molecule has 0 unspecified atom stereocenters. The van der Waals surface area contributed by atoms with Crippen LogP contribution in [0.2, 0.25) is 0 Å². The first-order chi connectivity index (χ1) is 4.09. The molecule has 10 heavy (non-hydrogen) atoms. The molecule has 0 N–H and O–H groups in total. The van der Waals surface area contributed by atoms with Crippen LogP contribution in [0.3, 0.4) is 0 Å². The van der Waals surface area contributed by atoms with Gasteiger partial charge in [0.05, 0.1) is 0 Å². The van der Waals surface area contributed by atoms with Crippen LogP contribution in [-0.4, -0.2) is 42.4 Å². The molecule has 0 atom stereocenters. The van der Waals surface area contributed by atoms with Crippen molar-refractivity contribution >= 4 is 18.9 Å². The van der Waals surface area contributed by atoms with Crippen molar-refractivity contribution in [1.82, 2.24) is 4.90 Å². The summed E-state index contributed by atoms with van der Waals surface area (Å²) in [5.41, 5.74) is 0. The predicted molar refractivity (Wildman–Crippen MR) is 48.4 cm³/mol. The molecule has 0 saturated carbocycles. The van der Waals surface area contributed by atoms with E-state index in [0.717, 1.165) is 6.54 Å². The van der Waals surface area contributed by atoms with E-state index in [1.165, 1.54) is 0 Å². The average molecular weight is 136 g/mol. The summed E-state index contributed by atoms with van der Waals surface area (Å²) in [6, 6.07) is 1.38. The van der Waals surface area contributed by atoms with Crippen molar-refractivity contribution in [3.63, 3.8) is 0 Å². The van der Waals surface area contributed by atoms with Gasteiger partial charge in [0.1, 0.15) is 0 Å². The summed E-state index contributed by atoms with van der Waals surface area (Å²) in [5.74, 6) is 0. The first-order valence-electron chi connectivity index (χ1n) is 3.85. The summed E-state index contributed by atoms with van der Waals surface area (Å²) in [6.45, 7) is 12.3. The van der Waals surface area contributed by atoms with Crippen LogP contribution in [0.1, 0.15) is 34.6 Å². The Morgan fingerprint density at radius 3 is 1.30 bits per heavy atom. The van der Waals surface area contributed by atoms with E-state index in [1.54, 1.807) is 0 Å². The molecule has 0 fully saturated rings. The van der Waals surface area contributed by atoms with Crippen molar-refractivity contribution in [3.8, 4) is 0 Å². The van der Waals surface area contributed by atoms with Crippen molar-refractivity contribution in [2.75, 3.05) is 6.54 Å². The maximum atomic E-state index is 2.46. The Morgan fingerprint density at radius 1 is 1.00 bits per heavy atom. The molecule has 0 amide bonds. The van der Waals surface area contributed by atoms with E-state index >= 15 is 0 Å². The molecule has 0 aromatic carbocycles. The molecular weight excluding hydrogens is 117 g/mol. The van der Waals surface area contributed by atoms with Gasteiger partial charge in [-0.05, 0) is 34.2 Å². The maximum absolute atomic E-state index is 2.46. The number of hydrogen-bond acceptors (Lipinski definition) is 1. The van der Waals surface area contributed by atoms with E-state index in [0.29, 0.717) is 12.1 Å². The second-order valence-electron chi connectivity index (χ2n) is 3.02. The molecule has 0 spiro atoms. The molecule has 0 aromatic rings. The molecule has 0 heterocycles. The van der Waals surface area contributed by atoms with Gasteiger partial charge in [-0.1, -0.05) is 6.92 Å². The third-order valence-corrected chi connectivity index (χ3v) is 1.69. The summed E-state index contributed by atoms with van der Waals surface area (Å²) in [6.07, 6.45) is 0. The molecule has 2 heteroatoms. The van der Waals surface area contributed by atoms with Gasteiger partial charge in [-0.25, -0.2) is 0 Å². The van der Waals surface area contributed by atoms with E-state index < -0.39 is 0 Å². The quantitative estimate of drug-likeness (QED) is 0.534. The standard InChI is InChI=1S/C8H19N.Li/c1-6-9(7(2)3)8(4)5;/h7-8H,6H2,1-5H3;. The molecule has 0 bridgehead atoms. The Hall–Kier alpha value is 0.557. The van der Waals surface area contributed by atoms with Crippen molar-refractivity contribution < 1.29 is 0 Å². The van der Waals surface area contributed by atoms with E-state index in [1.807, 2.05) is 0 Å². The molecule has 57 valence electrons. The van der Waals surface area contributed by atoms with Gasteiger partial charge in [0.15, 0.2) is 0 Å². The normalized spacial score (nSPS) is 10.8. The monoisotopic (exact) mass is 136 g/mol. The number of rotatable bonds is 3. The van der Waals surface area contributed by atoms with Crippen LogP contribution in [0.4, 0.5) is 0 Å². The van der Waals surface area contributed by atoms with Gasteiger partial charge < -0.3 is 0 Å². The first-order valence-corrected chi connectivity index (χ1v) is 3.85. The smallest absolute Gasteiger partial charge is 0.00411 e. The second-order valence-corrected chi connectivity index (χ2v) is 3.02. The molecule has 0 saturated heterocycles. The van der Waals surface area contributed by atoms with E-state index in [2.05, 4.69) is 39.5 Å². The van der Waals surface area contributed by atoms with Crippen molar-refractivity contribution in [2.24, 2.45) is 0 Å². The Labute approximate surface area is 77.4 Å². The fourth-order valence-electron chi connectivity index (χ4n) is 1.33. The Bertz CT molecular complexity index is 63.7. The van der Waals surface area contributed by atoms with E-state index in [9.17, 15) is 0 Å². The Kier molecular flexibility index (Phi) is 8.27. The largest absolute Gasteiger partial charge is 0.299 e. The third-order valence-electron chi connectivity index (χ3n) is 1.69. The van der Waals surface area contributed by atoms with Crippen molar-refractivity contribution in [3.05, 3.63) is 0 Å². The van der Waals surface area contributed by atoms with Crippen LogP contribution in [0.5, 0.6) is 0 Å². The summed E-state index contributed by atoms with van der Waals surface area (Å²) in [4.78, 5) is 2.46. The number of hydrogen-bond donors (Lipinski definition) is 0. The summed E-state index contributed by atoms with van der Waals surface area (Å²) >= 11 is 0. The van der Waals surface area contributed by atoms with Gasteiger partial charge in [0.2, 0.25) is 0 Å². The third kappa shape index (κ3) is 4.39. The minimum atomic E-state index is 0. The summed E-state index contributed by atoms with van der Waals surface area (Å²) in [7, 11) is 0. The van der Waals surface area contributed by atoms with Gasteiger partial charge in [-0.2, -0.15) is 0 Å². The van der Waals surface area contributed by atoms with Gasteiger partial charge in [0.25, 0.3) is 0 Å². The molecule has 0 rings (SSSR count). The topological polar surface area (TPSA) is 3.24 Å². The SMILES string of the molecule is CCN(C(C)C)C(C)C.[Li]. The molecule has 1 nitrogen and oxygen atoms in total. The van der Waals surface area contributed by atoms with Crippen LogP contribution >= 0.6 is 0 Å². The van der Waals surface area contributed by atoms with Crippen molar-refractivity contribution in [1.29, 1.82) is 0 Å². The van der Waals surface area contributed by atoms with Gasteiger partial charge in [0, 0.05) is 30.9 Å². The zero-order valence-electron chi connectivity index (χ0n) is 8.31. The molecule has 0 aliphatic rings. The number of nitrogens with zero attached hydrogens (tertiary/aromatic N) is 1. The van der Waals surface area contributed by atoms with Crippen LogP contribution < -0.4 is 0 Å². The van der Waals surface area contributed by atoms with Gasteiger partial charge in [-0.15, -0.1) is 0 Å². The van der Waals surface area contributed by atoms with Crippen molar-refractivity contribution in [2.45, 2.75) is 46.7 Å². The maximum Gasteiger partial charge on any atom is 0.00411 e. The Balaban J connectivity index is 0. The molecule has 0 aliphatic carbocycles. The zero-order valence-corrected chi connectivity index (χ0v) is 8.31. The van der Waals surface area contributed by atoms with Crippen LogP contribution in [-0.2, 0) is 0 Å². The van der Waals surface area contributed by atoms with Crippen LogP contribution in [0, 0.1) is 0 Å². The Morgan fingerprint density at radius 2 is 1.30 bits per heavy atom. The first kappa shape index (κ1) is 13.2. The molecular formula is C8H19LiN. The fraction of sp³-hybridized carbons (Fsp3) is 1.00. The predicted octanol–water partition coefficient (Wildman–Crippen LogP) is 1.74. The zero-order chi connectivity index (χ0) is 7.44. The minimum Gasteiger partial charge on any atom is -0.299 e.